The monoisotopic (exact) mass is 326 g/mol. The second-order valence-corrected chi connectivity index (χ2v) is 5.98. The molecule has 1 heterocycles. The van der Waals surface area contributed by atoms with Crippen molar-refractivity contribution in [3.63, 3.8) is 0 Å². The van der Waals surface area contributed by atoms with Gasteiger partial charge in [-0.1, -0.05) is 37.3 Å². The Kier molecular flexibility index (Phi) is 6.73. The molecule has 2 N–H and O–H groups in total. The molecule has 0 saturated heterocycles. The van der Waals surface area contributed by atoms with Crippen molar-refractivity contribution in [3.8, 4) is 0 Å². The summed E-state index contributed by atoms with van der Waals surface area (Å²) in [5.41, 5.74) is 1.69. The van der Waals surface area contributed by atoms with Gasteiger partial charge in [0.1, 0.15) is 17.3 Å². The summed E-state index contributed by atoms with van der Waals surface area (Å²) in [6, 6.07) is 12.3. The zero-order chi connectivity index (χ0) is 17.4. The van der Waals surface area contributed by atoms with Gasteiger partial charge in [-0.25, -0.2) is 9.97 Å². The van der Waals surface area contributed by atoms with Crippen molar-refractivity contribution in [2.24, 2.45) is 0 Å². The van der Waals surface area contributed by atoms with E-state index in [4.69, 9.17) is 0 Å². The molecule has 0 radical (unpaired) electrons. The van der Waals surface area contributed by atoms with E-state index in [1.807, 2.05) is 18.2 Å². The lowest BCUT2D eigenvalue weighted by molar-refractivity contribution is 0.0948. The third-order valence-corrected chi connectivity index (χ3v) is 3.85. The van der Waals surface area contributed by atoms with Gasteiger partial charge in [-0.3, -0.25) is 4.79 Å². The highest BCUT2D eigenvalue weighted by Crippen LogP contribution is 2.09. The molecule has 5 heteroatoms. The molecule has 128 valence electrons. The highest BCUT2D eigenvalue weighted by Gasteiger charge is 2.11. The molecule has 2 rings (SSSR count). The van der Waals surface area contributed by atoms with Crippen LogP contribution >= 0.6 is 0 Å². The van der Waals surface area contributed by atoms with Crippen molar-refractivity contribution >= 4 is 11.7 Å². The average Bonchev–Trinajstić information content (AvgIpc) is 2.58. The number of amides is 1. The van der Waals surface area contributed by atoms with E-state index in [9.17, 15) is 4.79 Å². The number of aromatic nitrogens is 2. The van der Waals surface area contributed by atoms with E-state index >= 15 is 0 Å². The molecule has 5 nitrogen and oxygen atoms in total. The zero-order valence-corrected chi connectivity index (χ0v) is 14.7. The standard InChI is InChI=1S/C19H26N4O/c1-4-14(2)21-18-13-17(22-15(3)23-18)19(24)20-12-8-11-16-9-6-5-7-10-16/h5-7,9-10,13-14H,4,8,11-12H2,1-3H3,(H,20,24)(H,21,22,23). The van der Waals surface area contributed by atoms with E-state index in [2.05, 4.69) is 46.6 Å². The van der Waals surface area contributed by atoms with Crippen LogP contribution in [-0.4, -0.2) is 28.5 Å². The van der Waals surface area contributed by atoms with Crippen LogP contribution in [0, 0.1) is 6.92 Å². The Morgan fingerprint density at radius 1 is 1.21 bits per heavy atom. The van der Waals surface area contributed by atoms with E-state index in [0.717, 1.165) is 19.3 Å². The third-order valence-electron chi connectivity index (χ3n) is 3.85. The summed E-state index contributed by atoms with van der Waals surface area (Å²) in [5, 5.41) is 6.22. The van der Waals surface area contributed by atoms with Gasteiger partial charge in [0, 0.05) is 18.7 Å². The minimum absolute atomic E-state index is 0.152. The van der Waals surface area contributed by atoms with Gasteiger partial charge in [-0.2, -0.15) is 0 Å². The average molecular weight is 326 g/mol. The Hall–Kier alpha value is -2.43. The molecule has 24 heavy (non-hydrogen) atoms. The number of carbonyl (C=O) groups is 1. The fraction of sp³-hybridized carbons (Fsp3) is 0.421. The lowest BCUT2D eigenvalue weighted by Gasteiger charge is -2.13. The highest BCUT2D eigenvalue weighted by molar-refractivity contribution is 5.92. The molecule has 0 saturated carbocycles. The predicted octanol–water partition coefficient (Wildman–Crippen LogP) is 3.36. The Morgan fingerprint density at radius 3 is 2.67 bits per heavy atom. The molecular weight excluding hydrogens is 300 g/mol. The third kappa shape index (κ3) is 5.65. The lowest BCUT2D eigenvalue weighted by Crippen LogP contribution is -2.26. The molecule has 1 amide bonds. The van der Waals surface area contributed by atoms with Crippen LogP contribution in [0.5, 0.6) is 0 Å². The number of aryl methyl sites for hydroxylation is 2. The zero-order valence-electron chi connectivity index (χ0n) is 14.7. The summed E-state index contributed by atoms with van der Waals surface area (Å²) in [7, 11) is 0. The Bertz CT molecular complexity index is 658. The molecule has 2 aromatic rings. The SMILES string of the molecule is CCC(C)Nc1cc(C(=O)NCCCc2ccccc2)nc(C)n1. The number of hydrogen-bond acceptors (Lipinski definition) is 4. The van der Waals surface area contributed by atoms with Crippen LogP contribution < -0.4 is 10.6 Å². The van der Waals surface area contributed by atoms with Crippen LogP contribution in [0.3, 0.4) is 0 Å². The van der Waals surface area contributed by atoms with Crippen LogP contribution in [0.1, 0.15) is 48.6 Å². The Labute approximate surface area is 143 Å². The molecule has 0 bridgehead atoms. The normalized spacial score (nSPS) is 11.8. The second-order valence-electron chi connectivity index (χ2n) is 5.98. The van der Waals surface area contributed by atoms with Crippen LogP contribution in [0.4, 0.5) is 5.82 Å². The minimum Gasteiger partial charge on any atom is -0.368 e. The number of nitrogens with zero attached hydrogens (tertiary/aromatic N) is 2. The number of anilines is 1. The van der Waals surface area contributed by atoms with E-state index in [1.54, 1.807) is 13.0 Å². The first-order valence-electron chi connectivity index (χ1n) is 8.53. The smallest absolute Gasteiger partial charge is 0.270 e. The van der Waals surface area contributed by atoms with Crippen LogP contribution in [-0.2, 0) is 6.42 Å². The van der Waals surface area contributed by atoms with Gasteiger partial charge in [0.05, 0.1) is 0 Å². The first-order chi connectivity index (χ1) is 11.6. The Morgan fingerprint density at radius 2 is 1.96 bits per heavy atom. The molecule has 0 fully saturated rings. The summed E-state index contributed by atoms with van der Waals surface area (Å²) in [6.45, 7) is 6.62. The van der Waals surface area contributed by atoms with Gasteiger partial charge < -0.3 is 10.6 Å². The summed E-state index contributed by atoms with van der Waals surface area (Å²) in [4.78, 5) is 20.9. The fourth-order valence-electron chi connectivity index (χ4n) is 2.34. The maximum absolute atomic E-state index is 12.3. The largest absolute Gasteiger partial charge is 0.368 e. The molecule has 1 aromatic heterocycles. The van der Waals surface area contributed by atoms with E-state index in [1.165, 1.54) is 5.56 Å². The topological polar surface area (TPSA) is 66.9 Å². The van der Waals surface area contributed by atoms with Gasteiger partial charge in [0.25, 0.3) is 5.91 Å². The van der Waals surface area contributed by atoms with Crippen molar-refractivity contribution in [3.05, 3.63) is 53.5 Å². The summed E-state index contributed by atoms with van der Waals surface area (Å²) < 4.78 is 0. The summed E-state index contributed by atoms with van der Waals surface area (Å²) in [5.74, 6) is 1.14. The molecule has 0 aliphatic carbocycles. The molecule has 0 aliphatic heterocycles. The maximum atomic E-state index is 12.3. The van der Waals surface area contributed by atoms with E-state index in [0.29, 0.717) is 29.9 Å². The molecule has 1 unspecified atom stereocenters. The summed E-state index contributed by atoms with van der Waals surface area (Å²) in [6.07, 6.45) is 2.84. The van der Waals surface area contributed by atoms with Gasteiger partial charge >= 0.3 is 0 Å². The molecule has 1 aromatic carbocycles. The molecule has 0 aliphatic rings. The van der Waals surface area contributed by atoms with Crippen LogP contribution in [0.2, 0.25) is 0 Å². The molecule has 0 spiro atoms. The first kappa shape index (κ1) is 17.9. The van der Waals surface area contributed by atoms with E-state index < -0.39 is 0 Å². The van der Waals surface area contributed by atoms with Crippen molar-refractivity contribution in [2.75, 3.05) is 11.9 Å². The summed E-state index contributed by atoms with van der Waals surface area (Å²) >= 11 is 0. The van der Waals surface area contributed by atoms with Crippen molar-refractivity contribution in [2.45, 2.75) is 46.1 Å². The van der Waals surface area contributed by atoms with Gasteiger partial charge in [-0.05, 0) is 38.7 Å². The number of hydrogen-bond donors (Lipinski definition) is 2. The Balaban J connectivity index is 1.87. The minimum atomic E-state index is -0.152. The highest BCUT2D eigenvalue weighted by atomic mass is 16.1. The predicted molar refractivity (Wildman–Crippen MR) is 97.2 cm³/mol. The van der Waals surface area contributed by atoms with Crippen LogP contribution in [0.15, 0.2) is 36.4 Å². The van der Waals surface area contributed by atoms with Crippen molar-refractivity contribution in [1.82, 2.24) is 15.3 Å². The number of carbonyl (C=O) groups excluding carboxylic acids is 1. The van der Waals surface area contributed by atoms with Gasteiger partial charge in [-0.15, -0.1) is 0 Å². The number of benzene rings is 1. The maximum Gasteiger partial charge on any atom is 0.270 e. The van der Waals surface area contributed by atoms with E-state index in [-0.39, 0.29) is 5.91 Å². The molecular formula is C19H26N4O. The number of nitrogens with one attached hydrogen (secondary N) is 2. The van der Waals surface area contributed by atoms with Crippen LogP contribution in [0.25, 0.3) is 0 Å². The number of rotatable bonds is 8. The first-order valence-corrected chi connectivity index (χ1v) is 8.53. The van der Waals surface area contributed by atoms with Gasteiger partial charge in [0.15, 0.2) is 0 Å². The second kappa shape index (κ2) is 9.01. The van der Waals surface area contributed by atoms with Gasteiger partial charge in [0.2, 0.25) is 0 Å². The lowest BCUT2D eigenvalue weighted by atomic mass is 10.1. The fourth-order valence-corrected chi connectivity index (χ4v) is 2.34. The molecule has 1 atom stereocenters. The van der Waals surface area contributed by atoms with Crippen molar-refractivity contribution < 1.29 is 4.79 Å². The van der Waals surface area contributed by atoms with Crippen molar-refractivity contribution in [1.29, 1.82) is 0 Å². The quantitative estimate of drug-likeness (QED) is 0.730.